The van der Waals surface area contributed by atoms with Gasteiger partial charge in [-0.15, -0.1) is 11.3 Å². The third-order valence-electron chi connectivity index (χ3n) is 5.56. The third-order valence-corrected chi connectivity index (χ3v) is 6.86. The molecule has 7 nitrogen and oxygen atoms in total. The van der Waals surface area contributed by atoms with E-state index >= 15 is 0 Å². The number of carbonyl (C=O) groups is 3. The van der Waals surface area contributed by atoms with E-state index in [0.29, 0.717) is 15.9 Å². The molecular weight excluding hydrogens is 474 g/mol. The van der Waals surface area contributed by atoms with Crippen LogP contribution in [0.25, 0.3) is 10.3 Å². The van der Waals surface area contributed by atoms with E-state index in [2.05, 4.69) is 10.3 Å². The number of benzene rings is 1. The van der Waals surface area contributed by atoms with Crippen molar-refractivity contribution in [2.24, 2.45) is 0 Å². The maximum absolute atomic E-state index is 14.2. The summed E-state index contributed by atoms with van der Waals surface area (Å²) in [6, 6.07) is 3.42. The van der Waals surface area contributed by atoms with Crippen molar-refractivity contribution >= 4 is 50.9 Å². The maximum Gasteiger partial charge on any atom is 0.243 e. The van der Waals surface area contributed by atoms with Crippen LogP contribution in [-0.2, 0) is 22.7 Å². The smallest absolute Gasteiger partial charge is 0.243 e. The molecule has 3 aromatic rings. The number of aryl methyl sites for hydroxylation is 1. The van der Waals surface area contributed by atoms with E-state index in [4.69, 9.17) is 11.6 Å². The van der Waals surface area contributed by atoms with Gasteiger partial charge in [0.2, 0.25) is 11.8 Å². The normalized spacial score (nSPS) is 18.2. The molecule has 1 N–H and O–H groups in total. The summed E-state index contributed by atoms with van der Waals surface area (Å²) >= 11 is 7.11. The molecule has 0 aliphatic carbocycles. The number of aromatic nitrogens is 2. The summed E-state index contributed by atoms with van der Waals surface area (Å²) in [5, 5.41) is 3.26. The number of ketones is 1. The van der Waals surface area contributed by atoms with E-state index in [1.165, 1.54) is 35.3 Å². The topological polar surface area (TPSA) is 84.3 Å². The Morgan fingerprint density at radius 3 is 2.82 bits per heavy atom. The van der Waals surface area contributed by atoms with Crippen LogP contribution in [0.3, 0.4) is 0 Å². The van der Waals surface area contributed by atoms with Crippen LogP contribution in [0.5, 0.6) is 0 Å². The molecule has 2 atom stereocenters. The van der Waals surface area contributed by atoms with Gasteiger partial charge in [-0.2, -0.15) is 0 Å². The fraction of sp³-hybridized carbons (Fsp3) is 0.364. The molecule has 2 amide bonds. The SMILES string of the molecule is CC(=O)c1cn(CC(=O)N2C[C@H](F)C[C@H]2C(=O)NCc2cccc(Cl)c2F)c2sc(C)nc12. The second-order valence-electron chi connectivity index (χ2n) is 7.94. The number of nitrogens with zero attached hydrogens (tertiary/aromatic N) is 3. The standard InChI is InChI=1S/C22H21ClF2N4O3S/c1-11(30)15-9-28(22-20(15)27-12(2)33-22)10-18(31)29-8-14(24)6-17(29)21(32)26-7-13-4-3-5-16(23)19(13)25/h3-5,9,14,17H,6-8,10H2,1-2H3,(H,26,32)/t14-,17+/m1/s1. The number of carbonyl (C=O) groups excluding carboxylic acids is 3. The van der Waals surface area contributed by atoms with Crippen molar-refractivity contribution in [3.05, 3.63) is 51.4 Å². The Balaban J connectivity index is 1.50. The van der Waals surface area contributed by atoms with Crippen LogP contribution in [0.1, 0.15) is 34.3 Å². The number of thiazole rings is 1. The first kappa shape index (κ1) is 23.3. The quantitative estimate of drug-likeness (QED) is 0.530. The fourth-order valence-electron chi connectivity index (χ4n) is 3.97. The van der Waals surface area contributed by atoms with E-state index in [9.17, 15) is 23.2 Å². The lowest BCUT2D eigenvalue weighted by molar-refractivity contribution is -0.139. The minimum absolute atomic E-state index is 0.0653. The average molecular weight is 495 g/mol. The van der Waals surface area contributed by atoms with Gasteiger partial charge in [-0.1, -0.05) is 23.7 Å². The van der Waals surface area contributed by atoms with Crippen LogP contribution in [-0.4, -0.2) is 50.8 Å². The van der Waals surface area contributed by atoms with Crippen LogP contribution in [0, 0.1) is 12.7 Å². The number of alkyl halides is 1. The molecule has 0 radical (unpaired) electrons. The summed E-state index contributed by atoms with van der Waals surface area (Å²) in [5.41, 5.74) is 1.13. The third kappa shape index (κ3) is 4.63. The molecule has 4 rings (SSSR count). The van der Waals surface area contributed by atoms with Gasteiger partial charge in [0, 0.05) is 24.7 Å². The van der Waals surface area contributed by atoms with Gasteiger partial charge < -0.3 is 14.8 Å². The zero-order valence-corrected chi connectivity index (χ0v) is 19.5. The summed E-state index contributed by atoms with van der Waals surface area (Å²) in [7, 11) is 0. The highest BCUT2D eigenvalue weighted by atomic mass is 35.5. The predicted molar refractivity (Wildman–Crippen MR) is 121 cm³/mol. The first-order chi connectivity index (χ1) is 15.7. The molecule has 2 aromatic heterocycles. The first-order valence-corrected chi connectivity index (χ1v) is 11.5. The molecule has 1 aliphatic rings. The largest absolute Gasteiger partial charge is 0.350 e. The Bertz CT molecular complexity index is 1260. The molecule has 174 valence electrons. The highest BCUT2D eigenvalue weighted by Gasteiger charge is 2.40. The number of likely N-dealkylation sites (tertiary alicyclic amines) is 1. The zero-order valence-electron chi connectivity index (χ0n) is 17.9. The van der Waals surface area contributed by atoms with Crippen molar-refractivity contribution in [2.45, 2.75) is 45.6 Å². The van der Waals surface area contributed by atoms with Crippen molar-refractivity contribution < 1.29 is 23.2 Å². The summed E-state index contributed by atoms with van der Waals surface area (Å²) < 4.78 is 29.9. The van der Waals surface area contributed by atoms with Crippen molar-refractivity contribution in [1.82, 2.24) is 19.8 Å². The summed E-state index contributed by atoms with van der Waals surface area (Å²) in [6.07, 6.45) is 0.0683. The van der Waals surface area contributed by atoms with Crippen LogP contribution < -0.4 is 5.32 Å². The molecule has 1 saturated heterocycles. The average Bonchev–Trinajstić information content (AvgIpc) is 3.42. The minimum Gasteiger partial charge on any atom is -0.350 e. The highest BCUT2D eigenvalue weighted by molar-refractivity contribution is 7.18. The minimum atomic E-state index is -1.35. The number of nitrogens with one attached hydrogen (secondary N) is 1. The molecule has 0 unspecified atom stereocenters. The monoisotopic (exact) mass is 494 g/mol. The number of hydrogen-bond donors (Lipinski definition) is 1. The molecule has 11 heteroatoms. The molecule has 3 heterocycles. The van der Waals surface area contributed by atoms with Crippen LogP contribution in [0.2, 0.25) is 5.02 Å². The first-order valence-electron chi connectivity index (χ1n) is 10.3. The lowest BCUT2D eigenvalue weighted by Crippen LogP contribution is -2.46. The van der Waals surface area contributed by atoms with E-state index in [1.54, 1.807) is 23.8 Å². The Morgan fingerprint density at radius 2 is 2.09 bits per heavy atom. The van der Waals surface area contributed by atoms with Crippen LogP contribution >= 0.6 is 22.9 Å². The fourth-order valence-corrected chi connectivity index (χ4v) is 5.07. The van der Waals surface area contributed by atoms with Crippen molar-refractivity contribution in [3.8, 4) is 0 Å². The second kappa shape index (κ2) is 9.18. The van der Waals surface area contributed by atoms with Gasteiger partial charge in [0.25, 0.3) is 0 Å². The summed E-state index contributed by atoms with van der Waals surface area (Å²) in [6.45, 7) is 2.71. The van der Waals surface area contributed by atoms with Crippen molar-refractivity contribution in [1.29, 1.82) is 0 Å². The second-order valence-corrected chi connectivity index (χ2v) is 9.53. The molecule has 1 aromatic carbocycles. The maximum atomic E-state index is 14.2. The number of fused-ring (bicyclic) bond motifs is 1. The zero-order chi connectivity index (χ0) is 23.9. The van der Waals surface area contributed by atoms with E-state index in [-0.39, 0.29) is 42.4 Å². The molecule has 33 heavy (non-hydrogen) atoms. The Kier molecular flexibility index (Phi) is 6.49. The number of rotatable bonds is 6. The van der Waals surface area contributed by atoms with Gasteiger partial charge in [0.05, 0.1) is 22.1 Å². The van der Waals surface area contributed by atoms with Crippen molar-refractivity contribution in [3.63, 3.8) is 0 Å². The Hall–Kier alpha value is -2.85. The van der Waals surface area contributed by atoms with E-state index < -0.39 is 29.8 Å². The van der Waals surface area contributed by atoms with Gasteiger partial charge in [0.15, 0.2) is 5.78 Å². The predicted octanol–water partition coefficient (Wildman–Crippen LogP) is 3.66. The van der Waals surface area contributed by atoms with E-state index in [1.807, 2.05) is 0 Å². The van der Waals surface area contributed by atoms with E-state index in [0.717, 1.165) is 5.01 Å². The molecular formula is C22H21ClF2N4O3S. The van der Waals surface area contributed by atoms with Gasteiger partial charge >= 0.3 is 0 Å². The molecule has 1 aliphatic heterocycles. The molecule has 0 bridgehead atoms. The van der Waals surface area contributed by atoms with Crippen molar-refractivity contribution in [2.75, 3.05) is 6.54 Å². The Morgan fingerprint density at radius 1 is 1.33 bits per heavy atom. The van der Waals surface area contributed by atoms with Gasteiger partial charge in [-0.05, 0) is 19.9 Å². The Labute approximate surface area is 197 Å². The number of halogens is 3. The molecule has 0 saturated carbocycles. The van der Waals surface area contributed by atoms with Crippen LogP contribution in [0.4, 0.5) is 8.78 Å². The summed E-state index contributed by atoms with van der Waals surface area (Å²) in [5.74, 6) is -1.84. The lowest BCUT2D eigenvalue weighted by atomic mass is 10.1. The number of hydrogen-bond acceptors (Lipinski definition) is 5. The highest BCUT2D eigenvalue weighted by Crippen LogP contribution is 2.28. The number of Topliss-reactive ketones (excluding diaryl/α,β-unsaturated/α-hetero) is 1. The molecule has 1 fully saturated rings. The van der Waals surface area contributed by atoms with Gasteiger partial charge in [-0.25, -0.2) is 13.8 Å². The number of amides is 2. The van der Waals surface area contributed by atoms with Crippen LogP contribution in [0.15, 0.2) is 24.4 Å². The van der Waals surface area contributed by atoms with Gasteiger partial charge in [-0.3, -0.25) is 14.4 Å². The molecule has 0 spiro atoms. The lowest BCUT2D eigenvalue weighted by Gasteiger charge is -2.24. The summed E-state index contributed by atoms with van der Waals surface area (Å²) in [4.78, 5) is 44.0. The van der Waals surface area contributed by atoms with Gasteiger partial charge in [0.1, 0.15) is 34.9 Å².